The molecule has 18 heavy (non-hydrogen) atoms. The Hall–Kier alpha value is -1.68. The number of benzene rings is 1. The maximum absolute atomic E-state index is 12.2. The summed E-state index contributed by atoms with van der Waals surface area (Å²) in [5.74, 6) is 0.124. The first-order chi connectivity index (χ1) is 8.66. The molecule has 0 saturated carbocycles. The first-order valence-corrected chi connectivity index (χ1v) is 6.58. The topological polar surface area (TPSA) is 42.9 Å². The third kappa shape index (κ3) is 3.17. The van der Waals surface area contributed by atoms with Gasteiger partial charge in [-0.25, -0.2) is 9.97 Å². The van der Waals surface area contributed by atoms with E-state index in [1.807, 2.05) is 44.2 Å². The highest BCUT2D eigenvalue weighted by atomic mass is 32.2. The molecule has 3 nitrogen and oxygen atoms in total. The Bertz CT molecular complexity index is 525. The number of Topliss-reactive ketones (excluding diaryl/α,β-unsaturated/α-hetero) is 1. The Morgan fingerprint density at radius 3 is 2.56 bits per heavy atom. The predicted molar refractivity (Wildman–Crippen MR) is 72.9 cm³/mol. The number of aromatic nitrogens is 2. The van der Waals surface area contributed by atoms with Crippen LogP contribution in [-0.2, 0) is 0 Å². The number of rotatable bonds is 4. The molecule has 1 unspecified atom stereocenters. The summed E-state index contributed by atoms with van der Waals surface area (Å²) in [5, 5.41) is 0.667. The molecule has 1 aromatic carbocycles. The van der Waals surface area contributed by atoms with E-state index in [0.29, 0.717) is 0 Å². The van der Waals surface area contributed by atoms with E-state index in [0.717, 1.165) is 16.2 Å². The molecule has 0 bridgehead atoms. The van der Waals surface area contributed by atoms with Crippen molar-refractivity contribution in [3.05, 3.63) is 54.0 Å². The maximum atomic E-state index is 12.2. The Kier molecular flexibility index (Phi) is 4.10. The van der Waals surface area contributed by atoms with Gasteiger partial charge >= 0.3 is 0 Å². The number of ketones is 1. The van der Waals surface area contributed by atoms with E-state index < -0.39 is 0 Å². The molecule has 0 aliphatic rings. The van der Waals surface area contributed by atoms with E-state index >= 15 is 0 Å². The number of hydrogen-bond acceptors (Lipinski definition) is 4. The fraction of sp³-hybridized carbons (Fsp3) is 0.214. The van der Waals surface area contributed by atoms with Crippen molar-refractivity contribution in [1.82, 2.24) is 9.97 Å². The summed E-state index contributed by atoms with van der Waals surface area (Å²) < 4.78 is 0. The maximum Gasteiger partial charge on any atom is 0.175 e. The summed E-state index contributed by atoms with van der Waals surface area (Å²) in [6.07, 6.45) is 3.17. The number of nitrogens with zero attached hydrogens (tertiary/aromatic N) is 2. The number of aryl methyl sites for hydroxylation is 1. The number of thioether (sulfide) groups is 1. The molecule has 92 valence electrons. The Morgan fingerprint density at radius 1 is 1.22 bits per heavy atom. The fourth-order valence-electron chi connectivity index (χ4n) is 1.54. The van der Waals surface area contributed by atoms with Crippen molar-refractivity contribution in [1.29, 1.82) is 0 Å². The number of hydrogen-bond donors (Lipinski definition) is 0. The average molecular weight is 258 g/mol. The van der Waals surface area contributed by atoms with Gasteiger partial charge in [0.1, 0.15) is 11.4 Å². The van der Waals surface area contributed by atoms with Crippen LogP contribution in [0.2, 0.25) is 0 Å². The van der Waals surface area contributed by atoms with Crippen molar-refractivity contribution in [2.75, 3.05) is 0 Å². The van der Waals surface area contributed by atoms with Crippen molar-refractivity contribution >= 4 is 17.5 Å². The summed E-state index contributed by atoms with van der Waals surface area (Å²) in [4.78, 5) is 20.2. The van der Waals surface area contributed by atoms with E-state index in [1.54, 1.807) is 6.20 Å². The lowest BCUT2D eigenvalue weighted by molar-refractivity contribution is 0.0994. The zero-order valence-electron chi connectivity index (χ0n) is 10.3. The van der Waals surface area contributed by atoms with Gasteiger partial charge in [-0.1, -0.05) is 41.6 Å². The normalized spacial score (nSPS) is 12.1. The summed E-state index contributed by atoms with van der Waals surface area (Å²) in [5.41, 5.74) is 1.90. The summed E-state index contributed by atoms with van der Waals surface area (Å²) in [6, 6.07) is 9.46. The van der Waals surface area contributed by atoms with Gasteiger partial charge in [0.15, 0.2) is 5.78 Å². The Labute approximate surface area is 111 Å². The lowest BCUT2D eigenvalue weighted by Gasteiger charge is -2.09. The molecule has 0 spiro atoms. The molecule has 0 aliphatic carbocycles. The zero-order valence-corrected chi connectivity index (χ0v) is 11.1. The zero-order chi connectivity index (χ0) is 13.0. The fourth-order valence-corrected chi connectivity index (χ4v) is 2.39. The molecule has 2 aromatic rings. The minimum Gasteiger partial charge on any atom is -0.293 e. The van der Waals surface area contributed by atoms with E-state index in [9.17, 15) is 4.79 Å². The molecule has 1 aromatic heterocycles. The molecule has 0 fully saturated rings. The van der Waals surface area contributed by atoms with Gasteiger partial charge in [-0.3, -0.25) is 4.79 Å². The van der Waals surface area contributed by atoms with Crippen LogP contribution in [-0.4, -0.2) is 21.0 Å². The predicted octanol–water partition coefficient (Wildman–Crippen LogP) is 3.15. The molecule has 0 N–H and O–H groups in total. The molecule has 1 heterocycles. The molecule has 0 radical (unpaired) electrons. The van der Waals surface area contributed by atoms with Crippen LogP contribution >= 0.6 is 11.8 Å². The van der Waals surface area contributed by atoms with E-state index in [4.69, 9.17) is 0 Å². The van der Waals surface area contributed by atoms with Gasteiger partial charge in [-0.15, -0.1) is 0 Å². The van der Waals surface area contributed by atoms with Gasteiger partial charge in [0, 0.05) is 11.8 Å². The van der Waals surface area contributed by atoms with Crippen LogP contribution in [0.4, 0.5) is 0 Å². The second-order valence-corrected chi connectivity index (χ2v) is 5.40. The van der Waals surface area contributed by atoms with Crippen molar-refractivity contribution in [2.24, 2.45) is 0 Å². The molecule has 0 amide bonds. The molecular weight excluding hydrogens is 244 g/mol. The van der Waals surface area contributed by atoms with Gasteiger partial charge in [-0.2, -0.15) is 0 Å². The van der Waals surface area contributed by atoms with Gasteiger partial charge in [-0.05, 0) is 19.9 Å². The van der Waals surface area contributed by atoms with Crippen LogP contribution in [0.5, 0.6) is 0 Å². The van der Waals surface area contributed by atoms with Gasteiger partial charge in [0.2, 0.25) is 0 Å². The van der Waals surface area contributed by atoms with Crippen molar-refractivity contribution in [3.63, 3.8) is 0 Å². The van der Waals surface area contributed by atoms with Gasteiger partial charge in [0.05, 0.1) is 5.25 Å². The molecule has 0 aliphatic heterocycles. The first kappa shape index (κ1) is 12.8. The monoisotopic (exact) mass is 258 g/mol. The summed E-state index contributed by atoms with van der Waals surface area (Å²) >= 11 is 1.45. The number of carbonyl (C=O) groups excluding carboxylic acids is 1. The second kappa shape index (κ2) is 5.78. The van der Waals surface area contributed by atoms with Crippen LogP contribution in [0.15, 0.2) is 47.9 Å². The van der Waals surface area contributed by atoms with Crippen LogP contribution in [0.25, 0.3) is 0 Å². The third-order valence-electron chi connectivity index (χ3n) is 2.56. The van der Waals surface area contributed by atoms with Crippen LogP contribution in [0, 0.1) is 6.92 Å². The minimum absolute atomic E-state index is 0.124. The van der Waals surface area contributed by atoms with Gasteiger partial charge in [0.25, 0.3) is 0 Å². The van der Waals surface area contributed by atoms with E-state index in [-0.39, 0.29) is 11.0 Å². The quantitative estimate of drug-likeness (QED) is 0.480. The highest BCUT2D eigenvalue weighted by Gasteiger charge is 2.16. The minimum atomic E-state index is -0.150. The van der Waals surface area contributed by atoms with Gasteiger partial charge < -0.3 is 0 Å². The van der Waals surface area contributed by atoms with E-state index in [2.05, 4.69) is 9.97 Å². The highest BCUT2D eigenvalue weighted by Crippen LogP contribution is 2.23. The number of carbonyl (C=O) groups is 1. The lowest BCUT2D eigenvalue weighted by Crippen LogP contribution is -2.13. The largest absolute Gasteiger partial charge is 0.293 e. The third-order valence-corrected chi connectivity index (χ3v) is 3.61. The lowest BCUT2D eigenvalue weighted by atomic mass is 10.1. The summed E-state index contributed by atoms with van der Waals surface area (Å²) in [7, 11) is 0. The van der Waals surface area contributed by atoms with Crippen molar-refractivity contribution in [3.8, 4) is 0 Å². The second-order valence-electron chi connectivity index (χ2n) is 4.04. The smallest absolute Gasteiger partial charge is 0.175 e. The molecule has 1 atom stereocenters. The summed E-state index contributed by atoms with van der Waals surface area (Å²) in [6.45, 7) is 3.91. The molecule has 0 saturated heterocycles. The molecule has 2 rings (SSSR count). The highest BCUT2D eigenvalue weighted by molar-refractivity contribution is 8.00. The van der Waals surface area contributed by atoms with Crippen molar-refractivity contribution < 1.29 is 4.79 Å². The first-order valence-electron chi connectivity index (χ1n) is 5.70. The van der Waals surface area contributed by atoms with Crippen LogP contribution < -0.4 is 0 Å². The molecular formula is C14H14N2OS. The average Bonchev–Trinajstić information content (AvgIpc) is 2.40. The van der Waals surface area contributed by atoms with Crippen LogP contribution in [0.3, 0.4) is 0 Å². The SMILES string of the molecule is Cc1ccc(C(=O)C(C)Sc2ccncn2)cc1. The Balaban J connectivity index is 2.07. The molecule has 4 heteroatoms. The van der Waals surface area contributed by atoms with Crippen molar-refractivity contribution in [2.45, 2.75) is 24.1 Å². The van der Waals surface area contributed by atoms with Crippen LogP contribution in [0.1, 0.15) is 22.8 Å². The van der Waals surface area contributed by atoms with E-state index in [1.165, 1.54) is 18.1 Å². The Morgan fingerprint density at radius 2 is 1.94 bits per heavy atom. The standard InChI is InChI=1S/C14H14N2OS/c1-10-3-5-12(6-4-10)14(17)11(2)18-13-7-8-15-9-16-13/h3-9,11H,1-2H3.